The number of rotatable bonds is 5. The molecule has 1 aromatic heterocycles. The summed E-state index contributed by atoms with van der Waals surface area (Å²) in [7, 11) is 1.08. The Morgan fingerprint density at radius 1 is 1.36 bits per heavy atom. The molecule has 0 aromatic carbocycles. The minimum Gasteiger partial charge on any atom is -0.354 e. The first kappa shape index (κ1) is 20.6. The highest BCUT2D eigenvalue weighted by Crippen LogP contribution is 2.23. The third kappa shape index (κ3) is 5.15. The highest BCUT2D eigenvalue weighted by molar-refractivity contribution is 14.0. The number of halogens is 1. The number of nitrogens with one attached hydrogen (secondary N) is 2. The molecule has 1 saturated carbocycles. The summed E-state index contributed by atoms with van der Waals surface area (Å²) in [5.41, 5.74) is 0. The van der Waals surface area contributed by atoms with Crippen LogP contribution in [0, 0.1) is 0 Å². The van der Waals surface area contributed by atoms with E-state index < -0.39 is 10.8 Å². The van der Waals surface area contributed by atoms with Crippen LogP contribution >= 0.6 is 24.0 Å². The Hall–Kier alpha value is -0.710. The van der Waals surface area contributed by atoms with Crippen LogP contribution in [0.2, 0.25) is 0 Å². The summed E-state index contributed by atoms with van der Waals surface area (Å²) in [6.45, 7) is 3.65. The number of guanidine groups is 1. The molecule has 0 spiro atoms. The van der Waals surface area contributed by atoms with E-state index in [1.54, 1.807) is 7.05 Å². The zero-order chi connectivity index (χ0) is 16.9. The van der Waals surface area contributed by atoms with Gasteiger partial charge in [0.05, 0.1) is 6.54 Å². The number of aromatic nitrogens is 3. The van der Waals surface area contributed by atoms with Crippen LogP contribution in [-0.2, 0) is 30.3 Å². The summed E-state index contributed by atoms with van der Waals surface area (Å²) in [5.74, 6) is 3.60. The van der Waals surface area contributed by atoms with Gasteiger partial charge >= 0.3 is 0 Å². The van der Waals surface area contributed by atoms with Crippen LogP contribution in [0.1, 0.15) is 50.7 Å². The Balaban J connectivity index is 0.00000225. The van der Waals surface area contributed by atoms with Gasteiger partial charge in [-0.1, -0.05) is 13.3 Å². The van der Waals surface area contributed by atoms with E-state index in [4.69, 9.17) is 0 Å². The van der Waals surface area contributed by atoms with E-state index in [-0.39, 0.29) is 24.0 Å². The highest BCUT2D eigenvalue weighted by Gasteiger charge is 2.26. The number of aliphatic imine (C=N–C) groups is 1. The van der Waals surface area contributed by atoms with Gasteiger partial charge in [-0.15, -0.1) is 34.2 Å². The summed E-state index contributed by atoms with van der Waals surface area (Å²) >= 11 is 0. The van der Waals surface area contributed by atoms with E-state index in [0.29, 0.717) is 17.8 Å². The fourth-order valence-electron chi connectivity index (χ4n) is 3.64. The molecular weight excluding hydrogens is 451 g/mol. The molecule has 0 saturated heterocycles. The molecule has 1 fully saturated rings. The average molecular weight is 480 g/mol. The monoisotopic (exact) mass is 480 g/mol. The van der Waals surface area contributed by atoms with Crippen molar-refractivity contribution < 1.29 is 4.21 Å². The van der Waals surface area contributed by atoms with Gasteiger partial charge in [-0.05, 0) is 25.7 Å². The van der Waals surface area contributed by atoms with E-state index in [2.05, 4.69) is 30.4 Å². The molecule has 0 radical (unpaired) electrons. The van der Waals surface area contributed by atoms with Crippen molar-refractivity contribution in [3.63, 3.8) is 0 Å². The number of hydrogen-bond acceptors (Lipinski definition) is 4. The minimum absolute atomic E-state index is 0. The third-order valence-corrected chi connectivity index (χ3v) is 6.69. The molecule has 0 amide bonds. The summed E-state index contributed by atoms with van der Waals surface area (Å²) < 4.78 is 14.3. The van der Waals surface area contributed by atoms with E-state index in [1.807, 2.05) is 6.92 Å². The van der Waals surface area contributed by atoms with Crippen molar-refractivity contribution in [2.24, 2.45) is 4.99 Å². The van der Waals surface area contributed by atoms with Crippen molar-refractivity contribution in [2.45, 2.75) is 69.8 Å². The molecule has 1 aliphatic carbocycles. The lowest BCUT2D eigenvalue weighted by molar-refractivity contribution is 0.413. The largest absolute Gasteiger partial charge is 0.354 e. The smallest absolute Gasteiger partial charge is 0.191 e. The maximum Gasteiger partial charge on any atom is 0.191 e. The van der Waals surface area contributed by atoms with Gasteiger partial charge in [0.25, 0.3) is 0 Å². The predicted molar refractivity (Wildman–Crippen MR) is 112 cm³/mol. The number of nitrogens with zero attached hydrogens (tertiary/aromatic N) is 4. The summed E-state index contributed by atoms with van der Waals surface area (Å²) in [6.07, 6.45) is 6.46. The molecular formula is C16H29IN6OS. The molecule has 3 rings (SSSR count). The maximum atomic E-state index is 12.1. The minimum atomic E-state index is -0.701. The van der Waals surface area contributed by atoms with Crippen molar-refractivity contribution >= 4 is 40.7 Å². The second kappa shape index (κ2) is 9.84. The van der Waals surface area contributed by atoms with Crippen molar-refractivity contribution in [2.75, 3.05) is 12.8 Å². The van der Waals surface area contributed by atoms with E-state index >= 15 is 0 Å². The fourth-order valence-corrected chi connectivity index (χ4v) is 4.99. The van der Waals surface area contributed by atoms with E-state index in [1.165, 1.54) is 0 Å². The molecule has 3 atom stereocenters. The molecule has 2 aliphatic rings. The highest BCUT2D eigenvalue weighted by atomic mass is 127. The van der Waals surface area contributed by atoms with Crippen molar-refractivity contribution in [1.29, 1.82) is 0 Å². The van der Waals surface area contributed by atoms with E-state index in [0.717, 1.165) is 68.4 Å². The zero-order valence-corrected chi connectivity index (χ0v) is 18.2. The van der Waals surface area contributed by atoms with Crippen molar-refractivity contribution in [3.05, 3.63) is 11.6 Å². The summed E-state index contributed by atoms with van der Waals surface area (Å²) in [5, 5.41) is 15.7. The van der Waals surface area contributed by atoms with Gasteiger partial charge in [0.2, 0.25) is 0 Å². The van der Waals surface area contributed by atoms with Crippen LogP contribution in [0.3, 0.4) is 0 Å². The molecule has 0 bridgehead atoms. The molecule has 3 unspecified atom stereocenters. The van der Waals surface area contributed by atoms with Crippen LogP contribution in [0.25, 0.3) is 0 Å². The standard InChI is InChI=1S/C16H28N6OS.HI/c1-3-24(23)13-7-4-6-12(10-13)19-16(17-2)18-11-15-21-20-14-8-5-9-22(14)15;/h12-13H,3-11H2,1-2H3,(H2,17,18,19);1H. The first-order valence-corrected chi connectivity index (χ1v) is 10.3. The third-order valence-electron chi connectivity index (χ3n) is 4.95. The van der Waals surface area contributed by atoms with Gasteiger partial charge in [-0.3, -0.25) is 9.20 Å². The first-order chi connectivity index (χ1) is 11.7. The fraction of sp³-hybridized carbons (Fsp3) is 0.812. The second-order valence-electron chi connectivity index (χ2n) is 6.51. The maximum absolute atomic E-state index is 12.1. The Labute approximate surface area is 169 Å². The van der Waals surface area contributed by atoms with Crippen LogP contribution in [-0.4, -0.2) is 49.0 Å². The van der Waals surface area contributed by atoms with Gasteiger partial charge in [0.15, 0.2) is 11.8 Å². The molecule has 1 aromatic rings. The van der Waals surface area contributed by atoms with Gasteiger partial charge < -0.3 is 15.2 Å². The number of hydrogen-bond donors (Lipinski definition) is 2. The molecule has 9 heteroatoms. The number of fused-ring (bicyclic) bond motifs is 1. The quantitative estimate of drug-likeness (QED) is 0.380. The van der Waals surface area contributed by atoms with Gasteiger partial charge in [0, 0.05) is 47.9 Å². The number of aryl methyl sites for hydroxylation is 1. The summed E-state index contributed by atoms with van der Waals surface area (Å²) in [6, 6.07) is 0.342. The molecule has 142 valence electrons. The average Bonchev–Trinajstić information content (AvgIpc) is 3.22. The summed E-state index contributed by atoms with van der Waals surface area (Å²) in [4.78, 5) is 4.33. The Morgan fingerprint density at radius 3 is 2.96 bits per heavy atom. The SMILES string of the molecule is CCS(=O)C1CCCC(NC(=NC)NCc2nnc3n2CCC3)C1.I. The van der Waals surface area contributed by atoms with Crippen LogP contribution in [0.15, 0.2) is 4.99 Å². The van der Waals surface area contributed by atoms with Gasteiger partial charge in [-0.25, -0.2) is 0 Å². The predicted octanol–water partition coefficient (Wildman–Crippen LogP) is 1.59. The van der Waals surface area contributed by atoms with Crippen LogP contribution in [0.5, 0.6) is 0 Å². The lowest BCUT2D eigenvalue weighted by atomic mass is 9.95. The van der Waals surface area contributed by atoms with Gasteiger partial charge in [-0.2, -0.15) is 0 Å². The second-order valence-corrected chi connectivity index (χ2v) is 8.52. The zero-order valence-electron chi connectivity index (χ0n) is 15.0. The van der Waals surface area contributed by atoms with E-state index in [9.17, 15) is 4.21 Å². The van der Waals surface area contributed by atoms with Crippen molar-refractivity contribution in [3.8, 4) is 0 Å². The normalized spacial score (nSPS) is 24.3. The Kier molecular flexibility index (Phi) is 8.11. The molecule has 25 heavy (non-hydrogen) atoms. The van der Waals surface area contributed by atoms with Crippen LogP contribution in [0.4, 0.5) is 0 Å². The molecule has 1 aliphatic heterocycles. The lowest BCUT2D eigenvalue weighted by Crippen LogP contribution is -2.46. The molecule has 2 N–H and O–H groups in total. The Bertz CT molecular complexity index is 620. The lowest BCUT2D eigenvalue weighted by Gasteiger charge is -2.30. The van der Waals surface area contributed by atoms with Crippen molar-refractivity contribution in [1.82, 2.24) is 25.4 Å². The van der Waals surface area contributed by atoms with Crippen LogP contribution < -0.4 is 10.6 Å². The Morgan fingerprint density at radius 2 is 2.20 bits per heavy atom. The first-order valence-electron chi connectivity index (χ1n) is 8.96. The topological polar surface area (TPSA) is 84.2 Å². The molecule has 2 heterocycles. The van der Waals surface area contributed by atoms with Gasteiger partial charge in [0.1, 0.15) is 5.82 Å². The molecule has 7 nitrogen and oxygen atoms in total.